The first kappa shape index (κ1) is 12.6. The van der Waals surface area contributed by atoms with Crippen LogP contribution in [0.3, 0.4) is 0 Å². The Labute approximate surface area is 108 Å². The van der Waals surface area contributed by atoms with Crippen LogP contribution in [0, 0.1) is 17.8 Å². The first-order chi connectivity index (χ1) is 8.29. The maximum atomic E-state index is 5.41. The van der Waals surface area contributed by atoms with E-state index >= 15 is 0 Å². The van der Waals surface area contributed by atoms with Gasteiger partial charge in [0.05, 0.1) is 6.54 Å². The van der Waals surface area contributed by atoms with Crippen LogP contribution < -0.4 is 5.73 Å². The van der Waals surface area contributed by atoms with Gasteiger partial charge in [0.15, 0.2) is 0 Å². The highest BCUT2D eigenvalue weighted by Crippen LogP contribution is 2.27. The molecule has 0 aromatic carbocycles. The SMILES string of the molecule is CN(Cc1sccc1C#CCN)CC1CCC1. The van der Waals surface area contributed by atoms with Gasteiger partial charge >= 0.3 is 0 Å². The summed E-state index contributed by atoms with van der Waals surface area (Å²) in [4.78, 5) is 3.79. The van der Waals surface area contributed by atoms with Crippen molar-refractivity contribution in [3.8, 4) is 11.8 Å². The molecule has 92 valence electrons. The lowest BCUT2D eigenvalue weighted by atomic mass is 9.85. The van der Waals surface area contributed by atoms with Gasteiger partial charge in [0.2, 0.25) is 0 Å². The van der Waals surface area contributed by atoms with Gasteiger partial charge in [0.1, 0.15) is 0 Å². The van der Waals surface area contributed by atoms with E-state index in [1.165, 1.54) is 30.7 Å². The van der Waals surface area contributed by atoms with Crippen molar-refractivity contribution in [1.29, 1.82) is 0 Å². The van der Waals surface area contributed by atoms with Gasteiger partial charge in [-0.25, -0.2) is 0 Å². The zero-order valence-corrected chi connectivity index (χ0v) is 11.2. The molecule has 3 heteroatoms. The molecule has 0 amide bonds. The molecule has 0 unspecified atom stereocenters. The van der Waals surface area contributed by atoms with Crippen LogP contribution in [0.5, 0.6) is 0 Å². The standard InChI is InChI=1S/C14H20N2S/c1-16(10-12-4-2-5-12)11-14-13(6-3-8-15)7-9-17-14/h7,9,12H,2,4-5,8,10-11,15H2,1H3. The number of nitrogens with two attached hydrogens (primary N) is 1. The summed E-state index contributed by atoms with van der Waals surface area (Å²) < 4.78 is 0. The third-order valence-electron chi connectivity index (χ3n) is 3.28. The van der Waals surface area contributed by atoms with E-state index in [1.807, 2.05) is 0 Å². The molecule has 0 aliphatic heterocycles. The normalized spacial score (nSPS) is 15.5. The van der Waals surface area contributed by atoms with Gasteiger partial charge in [-0.3, -0.25) is 0 Å². The fraction of sp³-hybridized carbons (Fsp3) is 0.571. The number of hydrogen-bond donors (Lipinski definition) is 1. The van der Waals surface area contributed by atoms with E-state index < -0.39 is 0 Å². The van der Waals surface area contributed by atoms with Gasteiger partial charge in [0.25, 0.3) is 0 Å². The summed E-state index contributed by atoms with van der Waals surface area (Å²) in [6.45, 7) is 2.68. The van der Waals surface area contributed by atoms with Crippen molar-refractivity contribution in [3.63, 3.8) is 0 Å². The molecule has 0 bridgehead atoms. The summed E-state index contributed by atoms with van der Waals surface area (Å²) in [5, 5.41) is 2.12. The molecule has 17 heavy (non-hydrogen) atoms. The largest absolute Gasteiger partial charge is 0.320 e. The number of nitrogens with zero attached hydrogens (tertiary/aromatic N) is 1. The third kappa shape index (κ3) is 3.57. The molecule has 1 saturated carbocycles. The van der Waals surface area contributed by atoms with E-state index in [0.29, 0.717) is 6.54 Å². The summed E-state index contributed by atoms with van der Waals surface area (Å²) in [7, 11) is 2.21. The fourth-order valence-corrected chi connectivity index (χ4v) is 3.06. The molecular weight excluding hydrogens is 228 g/mol. The third-order valence-corrected chi connectivity index (χ3v) is 4.18. The lowest BCUT2D eigenvalue weighted by molar-refractivity contribution is 0.201. The zero-order valence-electron chi connectivity index (χ0n) is 10.4. The first-order valence-electron chi connectivity index (χ1n) is 6.23. The average molecular weight is 248 g/mol. The zero-order chi connectivity index (χ0) is 12.1. The van der Waals surface area contributed by atoms with Gasteiger partial charge in [-0.15, -0.1) is 11.3 Å². The van der Waals surface area contributed by atoms with E-state index in [1.54, 1.807) is 11.3 Å². The minimum Gasteiger partial charge on any atom is -0.320 e. The highest BCUT2D eigenvalue weighted by atomic mass is 32.1. The van der Waals surface area contributed by atoms with Gasteiger partial charge < -0.3 is 10.6 Å². The van der Waals surface area contributed by atoms with Gasteiger partial charge in [-0.1, -0.05) is 18.3 Å². The Bertz CT molecular complexity index is 409. The van der Waals surface area contributed by atoms with Crippen molar-refractivity contribution in [2.45, 2.75) is 25.8 Å². The van der Waals surface area contributed by atoms with Crippen molar-refractivity contribution < 1.29 is 0 Å². The van der Waals surface area contributed by atoms with Crippen LogP contribution in [0.2, 0.25) is 0 Å². The minimum atomic E-state index is 0.438. The van der Waals surface area contributed by atoms with Crippen LogP contribution in [0.15, 0.2) is 11.4 Å². The molecule has 1 aromatic heterocycles. The Kier molecular flexibility index (Phi) is 4.61. The van der Waals surface area contributed by atoms with E-state index in [-0.39, 0.29) is 0 Å². The van der Waals surface area contributed by atoms with E-state index in [2.05, 4.69) is 35.2 Å². The quantitative estimate of drug-likeness (QED) is 0.828. The van der Waals surface area contributed by atoms with Crippen molar-refractivity contribution in [1.82, 2.24) is 4.90 Å². The molecule has 2 rings (SSSR count). The lowest BCUT2D eigenvalue weighted by Gasteiger charge is -2.29. The summed E-state index contributed by atoms with van der Waals surface area (Å²) in [5.74, 6) is 7.01. The van der Waals surface area contributed by atoms with Crippen LogP contribution in [0.1, 0.15) is 29.7 Å². The molecule has 1 fully saturated rings. The molecule has 0 saturated heterocycles. The monoisotopic (exact) mass is 248 g/mol. The van der Waals surface area contributed by atoms with Crippen LogP contribution in [0.25, 0.3) is 0 Å². The Balaban J connectivity index is 1.90. The summed E-state index contributed by atoms with van der Waals surface area (Å²) >= 11 is 1.80. The second-order valence-corrected chi connectivity index (χ2v) is 5.76. The highest BCUT2D eigenvalue weighted by Gasteiger charge is 2.19. The second-order valence-electron chi connectivity index (χ2n) is 4.76. The molecule has 0 radical (unpaired) electrons. The maximum Gasteiger partial charge on any atom is 0.0555 e. The Morgan fingerprint density at radius 2 is 2.35 bits per heavy atom. The van der Waals surface area contributed by atoms with Crippen LogP contribution in [0.4, 0.5) is 0 Å². The Morgan fingerprint density at radius 3 is 3.00 bits per heavy atom. The Morgan fingerprint density at radius 1 is 1.53 bits per heavy atom. The summed E-state index contributed by atoms with van der Waals surface area (Å²) in [6, 6.07) is 2.10. The van der Waals surface area contributed by atoms with Crippen LogP contribution in [-0.2, 0) is 6.54 Å². The molecule has 2 N–H and O–H groups in total. The van der Waals surface area contributed by atoms with E-state index in [9.17, 15) is 0 Å². The van der Waals surface area contributed by atoms with Crippen molar-refractivity contribution in [2.24, 2.45) is 11.7 Å². The molecule has 1 aliphatic carbocycles. The maximum absolute atomic E-state index is 5.41. The average Bonchev–Trinajstić information content (AvgIpc) is 2.68. The van der Waals surface area contributed by atoms with E-state index in [0.717, 1.165) is 18.0 Å². The molecule has 1 aliphatic rings. The highest BCUT2D eigenvalue weighted by molar-refractivity contribution is 7.10. The van der Waals surface area contributed by atoms with Crippen LogP contribution in [-0.4, -0.2) is 25.0 Å². The lowest BCUT2D eigenvalue weighted by Crippen LogP contribution is -2.28. The van der Waals surface area contributed by atoms with Crippen molar-refractivity contribution in [2.75, 3.05) is 20.1 Å². The number of rotatable bonds is 4. The molecule has 0 spiro atoms. The molecule has 0 atom stereocenters. The minimum absolute atomic E-state index is 0.438. The second kappa shape index (κ2) is 6.20. The van der Waals surface area contributed by atoms with Gasteiger partial charge in [-0.2, -0.15) is 0 Å². The molecule has 1 aromatic rings. The smallest absolute Gasteiger partial charge is 0.0555 e. The van der Waals surface area contributed by atoms with Gasteiger partial charge in [0, 0.05) is 23.5 Å². The topological polar surface area (TPSA) is 29.3 Å². The molecular formula is C14H20N2S. The molecule has 1 heterocycles. The van der Waals surface area contributed by atoms with Crippen molar-refractivity contribution >= 4 is 11.3 Å². The summed E-state index contributed by atoms with van der Waals surface area (Å²) in [5.41, 5.74) is 6.56. The van der Waals surface area contributed by atoms with Crippen LogP contribution >= 0.6 is 11.3 Å². The fourth-order valence-electron chi connectivity index (χ4n) is 2.15. The van der Waals surface area contributed by atoms with E-state index in [4.69, 9.17) is 5.73 Å². The predicted molar refractivity (Wildman–Crippen MR) is 73.9 cm³/mol. The Hall–Kier alpha value is -0.820. The van der Waals surface area contributed by atoms with Gasteiger partial charge in [-0.05, 0) is 37.3 Å². The number of hydrogen-bond acceptors (Lipinski definition) is 3. The van der Waals surface area contributed by atoms with Crippen molar-refractivity contribution in [3.05, 3.63) is 21.9 Å². The summed E-state index contributed by atoms with van der Waals surface area (Å²) in [6.07, 6.45) is 4.24. The number of thiophene rings is 1. The predicted octanol–water partition coefficient (Wildman–Crippen LogP) is 2.29. The molecule has 2 nitrogen and oxygen atoms in total. The first-order valence-corrected chi connectivity index (χ1v) is 7.11.